The number of fused-ring (bicyclic) bond motifs is 1. The maximum atomic E-state index is 12.8. The van der Waals surface area contributed by atoms with Crippen molar-refractivity contribution >= 4 is 42.4 Å². The molecule has 152 valence electrons. The minimum Gasteiger partial charge on any atom is -0.345 e. The van der Waals surface area contributed by atoms with Gasteiger partial charge in [0.05, 0.1) is 20.9 Å². The number of anilines is 1. The topological polar surface area (TPSA) is 70.6 Å². The average Bonchev–Trinajstić information content (AvgIpc) is 3.16. The van der Waals surface area contributed by atoms with E-state index in [0.29, 0.717) is 18.7 Å². The molecule has 0 radical (unpaired) electrons. The van der Waals surface area contributed by atoms with Gasteiger partial charge < -0.3 is 9.80 Å². The molecule has 6 nitrogen and oxygen atoms in total. The normalized spacial score (nSPS) is 15.1. The molecule has 2 heterocycles. The zero-order valence-corrected chi connectivity index (χ0v) is 18.1. The monoisotopic (exact) mass is 429 g/mol. The number of amides is 1. The molecule has 1 fully saturated rings. The van der Waals surface area contributed by atoms with Crippen LogP contribution < -0.4 is 4.90 Å². The van der Waals surface area contributed by atoms with Crippen LogP contribution in [0.1, 0.15) is 22.8 Å². The molecule has 1 aliphatic rings. The number of piperazine rings is 1. The Labute approximate surface area is 174 Å². The summed E-state index contributed by atoms with van der Waals surface area (Å²) in [6.45, 7) is 6.37. The molecule has 0 N–H and O–H groups in total. The van der Waals surface area contributed by atoms with Crippen LogP contribution in [-0.4, -0.2) is 56.1 Å². The lowest BCUT2D eigenvalue weighted by molar-refractivity contribution is 0.0746. The van der Waals surface area contributed by atoms with E-state index >= 15 is 0 Å². The Morgan fingerprint density at radius 3 is 2.41 bits per heavy atom. The molecule has 0 atom stereocenters. The number of hydrogen-bond acceptors (Lipinski definition) is 6. The van der Waals surface area contributed by atoms with Crippen molar-refractivity contribution in [2.45, 2.75) is 18.7 Å². The minimum atomic E-state index is -3.25. The maximum absolute atomic E-state index is 12.8. The molecule has 0 spiro atoms. The minimum absolute atomic E-state index is 0.0492. The molecule has 8 heteroatoms. The number of nitrogens with zero attached hydrogens (tertiary/aromatic N) is 3. The Morgan fingerprint density at radius 1 is 1.07 bits per heavy atom. The van der Waals surface area contributed by atoms with Crippen molar-refractivity contribution in [3.05, 3.63) is 53.6 Å². The molecule has 0 unspecified atom stereocenters. The Morgan fingerprint density at radius 2 is 1.76 bits per heavy atom. The molecule has 0 aliphatic carbocycles. The van der Waals surface area contributed by atoms with Crippen molar-refractivity contribution in [3.8, 4) is 0 Å². The quantitative estimate of drug-likeness (QED) is 0.636. The lowest BCUT2D eigenvalue weighted by atomic mass is 10.2. The first-order valence-electron chi connectivity index (χ1n) is 9.61. The number of carbonyl (C=O) groups excluding carboxylic acids is 1. The number of carbonyl (C=O) groups is 1. The van der Waals surface area contributed by atoms with Crippen LogP contribution in [0.4, 0.5) is 5.13 Å². The van der Waals surface area contributed by atoms with Gasteiger partial charge in [0.2, 0.25) is 0 Å². The van der Waals surface area contributed by atoms with Crippen molar-refractivity contribution in [3.63, 3.8) is 0 Å². The van der Waals surface area contributed by atoms with E-state index < -0.39 is 9.84 Å². The first kappa shape index (κ1) is 19.8. The number of hydrogen-bond donors (Lipinski definition) is 0. The zero-order chi connectivity index (χ0) is 20.6. The fraction of sp³-hybridized carbons (Fsp3) is 0.333. The third kappa shape index (κ3) is 4.00. The second-order valence-electron chi connectivity index (χ2n) is 7.17. The van der Waals surface area contributed by atoms with Crippen molar-refractivity contribution in [2.24, 2.45) is 0 Å². The van der Waals surface area contributed by atoms with E-state index in [1.165, 1.54) is 22.4 Å². The molecule has 0 saturated carbocycles. The molecular formula is C21H23N3O3S2. The lowest BCUT2D eigenvalue weighted by Gasteiger charge is -2.34. The second kappa shape index (κ2) is 7.76. The molecule has 1 saturated heterocycles. The standard InChI is InChI=1S/C21H23N3O3S2/c1-3-29(26,27)17-7-5-16(6-8-17)20(25)23-10-12-24(13-11-23)21-22-18-9-4-15(2)14-19(18)28-21/h4-9,14H,3,10-13H2,1-2H3. The van der Waals surface area contributed by atoms with E-state index in [4.69, 9.17) is 4.98 Å². The van der Waals surface area contributed by atoms with Gasteiger partial charge in [-0.25, -0.2) is 13.4 Å². The molecule has 4 rings (SSSR count). The summed E-state index contributed by atoms with van der Waals surface area (Å²) in [6.07, 6.45) is 0. The summed E-state index contributed by atoms with van der Waals surface area (Å²) in [5.41, 5.74) is 2.75. The highest BCUT2D eigenvalue weighted by atomic mass is 32.2. The number of thiazole rings is 1. The van der Waals surface area contributed by atoms with Crippen molar-refractivity contribution < 1.29 is 13.2 Å². The Hall–Kier alpha value is -2.45. The van der Waals surface area contributed by atoms with Gasteiger partial charge in [0.15, 0.2) is 15.0 Å². The van der Waals surface area contributed by atoms with Crippen LogP contribution in [0.2, 0.25) is 0 Å². The van der Waals surface area contributed by atoms with Gasteiger partial charge in [-0.1, -0.05) is 24.3 Å². The van der Waals surface area contributed by atoms with E-state index in [1.807, 2.05) is 11.0 Å². The van der Waals surface area contributed by atoms with Gasteiger partial charge in [-0.3, -0.25) is 4.79 Å². The predicted octanol–water partition coefficient (Wildman–Crippen LogP) is 3.36. The molecule has 2 aromatic carbocycles. The van der Waals surface area contributed by atoms with Gasteiger partial charge in [-0.15, -0.1) is 0 Å². The smallest absolute Gasteiger partial charge is 0.253 e. The third-order valence-electron chi connectivity index (χ3n) is 5.21. The van der Waals surface area contributed by atoms with Crippen molar-refractivity contribution in [2.75, 3.05) is 36.8 Å². The van der Waals surface area contributed by atoms with Crippen LogP contribution in [0.3, 0.4) is 0 Å². The van der Waals surface area contributed by atoms with Crippen LogP contribution >= 0.6 is 11.3 Å². The van der Waals surface area contributed by atoms with Gasteiger partial charge >= 0.3 is 0 Å². The average molecular weight is 430 g/mol. The first-order chi connectivity index (χ1) is 13.9. The van der Waals surface area contributed by atoms with Gasteiger partial charge in [0, 0.05) is 31.7 Å². The number of aromatic nitrogens is 1. The molecule has 29 heavy (non-hydrogen) atoms. The van der Waals surface area contributed by atoms with Crippen molar-refractivity contribution in [1.29, 1.82) is 0 Å². The summed E-state index contributed by atoms with van der Waals surface area (Å²) in [5.74, 6) is -0.0156. The SMILES string of the molecule is CCS(=O)(=O)c1ccc(C(=O)N2CCN(c3nc4ccc(C)cc4s3)CC2)cc1. The predicted molar refractivity (Wildman–Crippen MR) is 117 cm³/mol. The van der Waals surface area contributed by atoms with Gasteiger partial charge in [0.25, 0.3) is 5.91 Å². The van der Waals surface area contributed by atoms with Crippen LogP contribution in [0.15, 0.2) is 47.4 Å². The summed E-state index contributed by atoms with van der Waals surface area (Å²) >= 11 is 1.68. The molecular weight excluding hydrogens is 406 g/mol. The highest BCUT2D eigenvalue weighted by molar-refractivity contribution is 7.91. The molecule has 1 aromatic heterocycles. The van der Waals surface area contributed by atoms with Gasteiger partial charge in [0.1, 0.15) is 0 Å². The highest BCUT2D eigenvalue weighted by Crippen LogP contribution is 2.30. The summed E-state index contributed by atoms with van der Waals surface area (Å²) < 4.78 is 25.0. The fourth-order valence-electron chi connectivity index (χ4n) is 3.41. The van der Waals surface area contributed by atoms with E-state index in [0.717, 1.165) is 23.7 Å². The molecule has 0 bridgehead atoms. The summed E-state index contributed by atoms with van der Waals surface area (Å²) in [6, 6.07) is 12.5. The summed E-state index contributed by atoms with van der Waals surface area (Å²) in [7, 11) is -3.25. The number of aryl methyl sites for hydroxylation is 1. The van der Waals surface area contributed by atoms with Crippen LogP contribution in [0.25, 0.3) is 10.2 Å². The number of benzene rings is 2. The lowest BCUT2D eigenvalue weighted by Crippen LogP contribution is -2.48. The summed E-state index contributed by atoms with van der Waals surface area (Å²) in [5, 5.41) is 0.992. The molecule has 1 aliphatic heterocycles. The number of sulfone groups is 1. The van der Waals surface area contributed by atoms with Gasteiger partial charge in [-0.05, 0) is 48.9 Å². The van der Waals surface area contributed by atoms with E-state index in [2.05, 4.69) is 24.0 Å². The largest absolute Gasteiger partial charge is 0.345 e. The zero-order valence-electron chi connectivity index (χ0n) is 16.5. The Kier molecular flexibility index (Phi) is 5.31. The van der Waals surface area contributed by atoms with E-state index in [9.17, 15) is 13.2 Å². The summed E-state index contributed by atoms with van der Waals surface area (Å²) in [4.78, 5) is 21.8. The van der Waals surface area contributed by atoms with E-state index in [-0.39, 0.29) is 16.6 Å². The van der Waals surface area contributed by atoms with Crippen LogP contribution in [0, 0.1) is 6.92 Å². The Bertz CT molecular complexity index is 1150. The second-order valence-corrected chi connectivity index (χ2v) is 10.5. The highest BCUT2D eigenvalue weighted by Gasteiger charge is 2.24. The van der Waals surface area contributed by atoms with Crippen LogP contribution in [-0.2, 0) is 9.84 Å². The van der Waals surface area contributed by atoms with E-state index in [1.54, 1.807) is 30.4 Å². The molecule has 1 amide bonds. The fourth-order valence-corrected chi connectivity index (χ4v) is 5.41. The third-order valence-corrected chi connectivity index (χ3v) is 8.04. The Balaban J connectivity index is 1.42. The molecule has 3 aromatic rings. The van der Waals surface area contributed by atoms with Crippen molar-refractivity contribution in [1.82, 2.24) is 9.88 Å². The first-order valence-corrected chi connectivity index (χ1v) is 12.1. The maximum Gasteiger partial charge on any atom is 0.253 e. The van der Waals surface area contributed by atoms with Crippen LogP contribution in [0.5, 0.6) is 0 Å². The van der Waals surface area contributed by atoms with Gasteiger partial charge in [-0.2, -0.15) is 0 Å². The number of rotatable bonds is 4.